The molecule has 0 unspecified atom stereocenters. The smallest absolute Gasteiger partial charge is 0.319 e. The third-order valence-electron chi connectivity index (χ3n) is 1.86. The van der Waals surface area contributed by atoms with E-state index in [1.807, 2.05) is 13.0 Å². The van der Waals surface area contributed by atoms with Gasteiger partial charge in [-0.1, -0.05) is 12.1 Å². The van der Waals surface area contributed by atoms with Crippen LogP contribution in [0.4, 0.5) is 0 Å². The number of benzene rings is 1. The number of nitrogens with zero attached hydrogens (tertiary/aromatic N) is 1. The van der Waals surface area contributed by atoms with Crippen LogP contribution >= 0.6 is 0 Å². The summed E-state index contributed by atoms with van der Waals surface area (Å²) in [6.07, 6.45) is 1.21. The van der Waals surface area contributed by atoms with E-state index in [2.05, 4.69) is 4.99 Å². The lowest BCUT2D eigenvalue weighted by Gasteiger charge is -2.04. The minimum Gasteiger partial charge on any atom is -0.430 e. The van der Waals surface area contributed by atoms with Gasteiger partial charge in [0.25, 0.3) is 9.84 Å². The van der Waals surface area contributed by atoms with E-state index in [9.17, 15) is 8.42 Å². The Morgan fingerprint density at radius 1 is 1.33 bits per heavy atom. The minimum atomic E-state index is -3.45. The van der Waals surface area contributed by atoms with Crippen LogP contribution in [0, 0.1) is 6.92 Å². The van der Waals surface area contributed by atoms with Crippen LogP contribution in [-0.4, -0.2) is 13.6 Å². The molecule has 78 valence electrons. The summed E-state index contributed by atoms with van der Waals surface area (Å²) in [6.45, 7) is 1.90. The summed E-state index contributed by atoms with van der Waals surface area (Å²) in [7, 11) is -3.45. The minimum absolute atomic E-state index is 0.270. The van der Waals surface area contributed by atoms with Crippen LogP contribution in [0.5, 0.6) is 5.75 Å². The molecule has 0 aliphatic carbocycles. The summed E-state index contributed by atoms with van der Waals surface area (Å²) in [5.41, 5.74) is 0.997. The molecule has 1 aliphatic rings. The van der Waals surface area contributed by atoms with Gasteiger partial charge in [-0.15, -0.1) is 0 Å². The standard InChI is InChI=1S/C10H9NO3S/c1-8-3-2-4-9(7-8)14-10-11-5-6-15(10,12)13/h2-7H,1H3. The van der Waals surface area contributed by atoms with E-state index in [4.69, 9.17) is 4.74 Å². The van der Waals surface area contributed by atoms with Crippen molar-refractivity contribution < 1.29 is 13.2 Å². The number of hydrogen-bond acceptors (Lipinski definition) is 4. The predicted octanol–water partition coefficient (Wildman–Crippen LogP) is 1.63. The molecule has 0 aromatic heterocycles. The van der Waals surface area contributed by atoms with Gasteiger partial charge in [0, 0.05) is 6.20 Å². The van der Waals surface area contributed by atoms with Gasteiger partial charge in [-0.25, -0.2) is 13.4 Å². The fraction of sp³-hybridized carbons (Fsp3) is 0.100. The second-order valence-electron chi connectivity index (χ2n) is 3.14. The monoisotopic (exact) mass is 223 g/mol. The lowest BCUT2D eigenvalue weighted by molar-refractivity contribution is 0.549. The van der Waals surface area contributed by atoms with E-state index in [-0.39, 0.29) is 5.23 Å². The van der Waals surface area contributed by atoms with E-state index in [1.165, 1.54) is 6.20 Å². The number of ether oxygens (including phenoxy) is 1. The number of aryl methyl sites for hydroxylation is 1. The van der Waals surface area contributed by atoms with Gasteiger partial charge in [0.1, 0.15) is 5.75 Å². The highest BCUT2D eigenvalue weighted by Gasteiger charge is 2.22. The fourth-order valence-corrected chi connectivity index (χ4v) is 1.92. The van der Waals surface area contributed by atoms with Crippen molar-refractivity contribution in [2.45, 2.75) is 6.92 Å². The van der Waals surface area contributed by atoms with Crippen molar-refractivity contribution in [2.24, 2.45) is 4.99 Å². The van der Waals surface area contributed by atoms with Crippen molar-refractivity contribution in [1.29, 1.82) is 0 Å². The van der Waals surface area contributed by atoms with Gasteiger partial charge in [-0.3, -0.25) is 0 Å². The topological polar surface area (TPSA) is 55.7 Å². The molecule has 0 N–H and O–H groups in total. The molecule has 0 atom stereocenters. The van der Waals surface area contributed by atoms with Gasteiger partial charge in [0.2, 0.25) is 0 Å². The molecule has 0 saturated heterocycles. The molecule has 1 aliphatic heterocycles. The maximum Gasteiger partial charge on any atom is 0.319 e. The zero-order chi connectivity index (χ0) is 10.9. The third kappa shape index (κ3) is 2.07. The summed E-state index contributed by atoms with van der Waals surface area (Å²) in [6, 6.07) is 7.12. The summed E-state index contributed by atoms with van der Waals surface area (Å²) in [5, 5.41) is 0.742. The Balaban J connectivity index is 2.25. The normalized spacial score (nSPS) is 17.5. The second-order valence-corrected chi connectivity index (χ2v) is 4.86. The molecule has 15 heavy (non-hydrogen) atoms. The highest BCUT2D eigenvalue weighted by atomic mass is 32.2. The Hall–Kier alpha value is -1.62. The lowest BCUT2D eigenvalue weighted by atomic mass is 10.2. The summed E-state index contributed by atoms with van der Waals surface area (Å²) in [5.74, 6) is 0.473. The van der Waals surface area contributed by atoms with Crippen molar-refractivity contribution >= 4 is 15.1 Å². The molecule has 1 heterocycles. The molecule has 0 saturated carbocycles. The SMILES string of the molecule is Cc1cccc(OC2=NC=CS2(=O)=O)c1. The number of sulfone groups is 1. The van der Waals surface area contributed by atoms with Crippen LogP contribution in [0.2, 0.25) is 0 Å². The van der Waals surface area contributed by atoms with Crippen LogP contribution in [0.25, 0.3) is 0 Å². The average Bonchev–Trinajstić information content (AvgIpc) is 2.46. The molecular weight excluding hydrogens is 214 g/mol. The Morgan fingerprint density at radius 3 is 2.73 bits per heavy atom. The highest BCUT2D eigenvalue weighted by molar-refractivity contribution is 8.08. The molecule has 5 heteroatoms. The Labute approximate surface area is 87.8 Å². The molecule has 4 nitrogen and oxygen atoms in total. The summed E-state index contributed by atoms with van der Waals surface area (Å²) in [4.78, 5) is 3.64. The van der Waals surface area contributed by atoms with Gasteiger partial charge in [0.15, 0.2) is 0 Å². The van der Waals surface area contributed by atoms with E-state index in [1.54, 1.807) is 18.2 Å². The predicted molar refractivity (Wildman–Crippen MR) is 57.3 cm³/mol. The van der Waals surface area contributed by atoms with Crippen molar-refractivity contribution in [3.63, 3.8) is 0 Å². The van der Waals surface area contributed by atoms with E-state index in [0.29, 0.717) is 5.75 Å². The maximum atomic E-state index is 11.3. The third-order valence-corrected chi connectivity index (χ3v) is 3.01. The summed E-state index contributed by atoms with van der Waals surface area (Å²) < 4.78 is 27.8. The first-order valence-corrected chi connectivity index (χ1v) is 5.86. The van der Waals surface area contributed by atoms with Crippen molar-refractivity contribution in [3.05, 3.63) is 41.4 Å². The molecule has 0 amide bonds. The van der Waals surface area contributed by atoms with Gasteiger partial charge in [-0.2, -0.15) is 0 Å². The first-order chi connectivity index (χ1) is 7.08. The van der Waals surface area contributed by atoms with Crippen LogP contribution in [0.15, 0.2) is 40.9 Å². The van der Waals surface area contributed by atoms with Gasteiger partial charge >= 0.3 is 5.23 Å². The Bertz CT molecular complexity index is 544. The summed E-state index contributed by atoms with van der Waals surface area (Å²) >= 11 is 0. The average molecular weight is 223 g/mol. The van der Waals surface area contributed by atoms with Crippen molar-refractivity contribution in [1.82, 2.24) is 0 Å². The fourth-order valence-electron chi connectivity index (χ4n) is 1.17. The van der Waals surface area contributed by atoms with Gasteiger partial charge < -0.3 is 4.74 Å². The van der Waals surface area contributed by atoms with Crippen LogP contribution in [0.3, 0.4) is 0 Å². The highest BCUT2D eigenvalue weighted by Crippen LogP contribution is 2.16. The van der Waals surface area contributed by atoms with E-state index < -0.39 is 9.84 Å². The quantitative estimate of drug-likeness (QED) is 0.727. The number of hydrogen-bond donors (Lipinski definition) is 0. The number of rotatable bonds is 1. The molecular formula is C10H9NO3S. The van der Waals surface area contributed by atoms with Crippen molar-refractivity contribution in [2.75, 3.05) is 0 Å². The Morgan fingerprint density at radius 2 is 2.13 bits per heavy atom. The molecule has 0 fully saturated rings. The van der Waals surface area contributed by atoms with Crippen LogP contribution in [-0.2, 0) is 9.84 Å². The zero-order valence-corrected chi connectivity index (χ0v) is 8.86. The van der Waals surface area contributed by atoms with Gasteiger partial charge in [0.05, 0.1) is 5.41 Å². The van der Waals surface area contributed by atoms with E-state index in [0.717, 1.165) is 11.0 Å². The molecule has 0 bridgehead atoms. The largest absolute Gasteiger partial charge is 0.430 e. The maximum absolute atomic E-state index is 11.3. The lowest BCUT2D eigenvalue weighted by Crippen LogP contribution is -2.16. The van der Waals surface area contributed by atoms with Crippen molar-refractivity contribution in [3.8, 4) is 5.75 Å². The molecule has 0 radical (unpaired) electrons. The van der Waals surface area contributed by atoms with Gasteiger partial charge in [-0.05, 0) is 24.6 Å². The first kappa shape index (κ1) is 9.92. The molecule has 2 rings (SSSR count). The Kier molecular flexibility index (Phi) is 2.32. The zero-order valence-electron chi connectivity index (χ0n) is 8.04. The first-order valence-electron chi connectivity index (χ1n) is 4.32. The van der Waals surface area contributed by atoms with E-state index >= 15 is 0 Å². The van der Waals surface area contributed by atoms with Crippen LogP contribution in [0.1, 0.15) is 5.56 Å². The molecule has 0 spiro atoms. The van der Waals surface area contributed by atoms with Crippen LogP contribution < -0.4 is 4.74 Å². The molecule has 1 aromatic carbocycles. The number of aliphatic imine (C=N–C) groups is 1. The molecule has 1 aromatic rings. The second kappa shape index (κ2) is 3.51.